The van der Waals surface area contributed by atoms with Crippen molar-refractivity contribution in [2.75, 3.05) is 0 Å². The molecule has 1 rings (SSSR count). The molecule has 1 aromatic heterocycles. The quantitative estimate of drug-likeness (QED) is 0.750. The number of halogens is 1. The van der Waals surface area contributed by atoms with Crippen LogP contribution in [-0.2, 0) is 0 Å². The molecule has 0 spiro atoms. The zero-order valence-electron chi connectivity index (χ0n) is 6.53. The fourth-order valence-electron chi connectivity index (χ4n) is 0.851. The number of allylic oxidation sites excluding steroid dienone is 2. The van der Waals surface area contributed by atoms with E-state index in [9.17, 15) is 0 Å². The van der Waals surface area contributed by atoms with Crippen LogP contribution in [0, 0.1) is 0 Å². The van der Waals surface area contributed by atoms with E-state index < -0.39 is 0 Å². The molecule has 1 aromatic rings. The standard InChI is InChI=1S/C10H9IO/c1-2-4-10-9(5-3-7-11)6-8-12-10/h2-8H,1H2/b7-3-,9-5-,10-4+. The molecule has 0 aliphatic carbocycles. The van der Waals surface area contributed by atoms with E-state index in [-0.39, 0.29) is 0 Å². The average Bonchev–Trinajstić information content (AvgIpc) is 2.50. The Kier molecular flexibility index (Phi) is 3.87. The highest BCUT2D eigenvalue weighted by Gasteiger charge is 1.83. The first-order valence-corrected chi connectivity index (χ1v) is 4.76. The van der Waals surface area contributed by atoms with Crippen molar-refractivity contribution >= 4 is 34.7 Å². The van der Waals surface area contributed by atoms with E-state index in [0.29, 0.717) is 0 Å². The summed E-state index contributed by atoms with van der Waals surface area (Å²) < 4.78 is 7.15. The average molecular weight is 272 g/mol. The molecule has 0 aromatic carbocycles. The van der Waals surface area contributed by atoms with Gasteiger partial charge in [0.1, 0.15) is 5.42 Å². The SMILES string of the molecule is C=C/C=c1/occ/c1=C/C=C\I. The second-order valence-corrected chi connectivity index (χ2v) is 2.85. The maximum Gasteiger partial charge on any atom is 0.133 e. The first-order chi connectivity index (χ1) is 5.88. The first kappa shape index (κ1) is 9.32. The van der Waals surface area contributed by atoms with E-state index in [2.05, 4.69) is 29.2 Å². The summed E-state index contributed by atoms with van der Waals surface area (Å²) in [7, 11) is 0. The molecular formula is C10H9IO. The highest BCUT2D eigenvalue weighted by atomic mass is 127. The largest absolute Gasteiger partial charge is 0.464 e. The highest BCUT2D eigenvalue weighted by molar-refractivity contribution is 14.1. The normalized spacial score (nSPS) is 14.4. The molecule has 0 bridgehead atoms. The molecule has 0 unspecified atom stereocenters. The van der Waals surface area contributed by atoms with Gasteiger partial charge in [0.05, 0.1) is 6.26 Å². The minimum atomic E-state index is 0.847. The molecule has 0 atom stereocenters. The molecule has 62 valence electrons. The molecule has 0 aliphatic heterocycles. The van der Waals surface area contributed by atoms with Gasteiger partial charge in [-0.2, -0.15) is 0 Å². The summed E-state index contributed by atoms with van der Waals surface area (Å²) in [6, 6.07) is 1.92. The summed E-state index contributed by atoms with van der Waals surface area (Å²) in [4.78, 5) is 0. The molecule has 2 heteroatoms. The number of rotatable bonds is 2. The van der Waals surface area contributed by atoms with Crippen molar-refractivity contribution in [1.29, 1.82) is 0 Å². The van der Waals surface area contributed by atoms with Crippen LogP contribution in [0.1, 0.15) is 0 Å². The smallest absolute Gasteiger partial charge is 0.133 e. The minimum Gasteiger partial charge on any atom is -0.464 e. The molecule has 1 heterocycles. The Morgan fingerprint density at radius 3 is 2.92 bits per heavy atom. The van der Waals surface area contributed by atoms with Gasteiger partial charge in [0, 0.05) is 5.22 Å². The summed E-state index contributed by atoms with van der Waals surface area (Å²) in [5.41, 5.74) is 0.847. The van der Waals surface area contributed by atoms with Gasteiger partial charge in [-0.1, -0.05) is 47.4 Å². The van der Waals surface area contributed by atoms with Crippen LogP contribution in [0.3, 0.4) is 0 Å². The van der Waals surface area contributed by atoms with Gasteiger partial charge in [-0.15, -0.1) is 0 Å². The molecule has 0 saturated heterocycles. The van der Waals surface area contributed by atoms with Crippen molar-refractivity contribution in [2.45, 2.75) is 0 Å². The molecule has 12 heavy (non-hydrogen) atoms. The van der Waals surface area contributed by atoms with Crippen LogP contribution in [0.25, 0.3) is 12.2 Å². The van der Waals surface area contributed by atoms with Crippen molar-refractivity contribution in [3.8, 4) is 0 Å². The van der Waals surface area contributed by atoms with Gasteiger partial charge < -0.3 is 4.42 Å². The Bertz CT molecular complexity index is 384. The summed E-state index contributed by atoms with van der Waals surface area (Å²) in [6.45, 7) is 3.61. The second-order valence-electron chi connectivity index (χ2n) is 2.13. The predicted octanol–water partition coefficient (Wildman–Crippen LogP) is 1.98. The van der Waals surface area contributed by atoms with Crippen molar-refractivity contribution in [1.82, 2.24) is 0 Å². The lowest BCUT2D eigenvalue weighted by atomic mass is 10.3. The van der Waals surface area contributed by atoms with Gasteiger partial charge in [0.15, 0.2) is 0 Å². The van der Waals surface area contributed by atoms with E-state index >= 15 is 0 Å². The minimum absolute atomic E-state index is 0.847. The fraction of sp³-hybridized carbons (Fsp3) is 0. The van der Waals surface area contributed by atoms with Crippen molar-refractivity contribution in [3.63, 3.8) is 0 Å². The van der Waals surface area contributed by atoms with E-state index in [1.54, 1.807) is 12.3 Å². The summed E-state index contributed by atoms with van der Waals surface area (Å²) in [5.74, 6) is 0. The van der Waals surface area contributed by atoms with Crippen LogP contribution in [0.2, 0.25) is 0 Å². The van der Waals surface area contributed by atoms with E-state index in [0.717, 1.165) is 10.6 Å². The molecule has 0 saturated carbocycles. The van der Waals surface area contributed by atoms with Crippen LogP contribution < -0.4 is 10.6 Å². The van der Waals surface area contributed by atoms with Crippen LogP contribution in [-0.4, -0.2) is 0 Å². The van der Waals surface area contributed by atoms with E-state index in [1.165, 1.54) is 0 Å². The predicted molar refractivity (Wildman–Crippen MR) is 60.2 cm³/mol. The number of hydrogen-bond acceptors (Lipinski definition) is 1. The van der Waals surface area contributed by atoms with Crippen LogP contribution in [0.15, 0.2) is 39.6 Å². The first-order valence-electron chi connectivity index (χ1n) is 3.52. The zero-order chi connectivity index (χ0) is 8.81. The van der Waals surface area contributed by atoms with Gasteiger partial charge >= 0.3 is 0 Å². The Balaban J connectivity index is 3.24. The Hall–Kier alpha value is -0.770. The van der Waals surface area contributed by atoms with Gasteiger partial charge in [-0.05, 0) is 16.2 Å². The second kappa shape index (κ2) is 4.98. The Labute approximate surface area is 84.9 Å². The van der Waals surface area contributed by atoms with E-state index in [1.807, 2.05) is 28.4 Å². The lowest BCUT2D eigenvalue weighted by molar-refractivity contribution is 0.531. The fourth-order valence-corrected chi connectivity index (χ4v) is 1.06. The maximum atomic E-state index is 5.21. The van der Waals surface area contributed by atoms with Crippen molar-refractivity contribution in [2.24, 2.45) is 0 Å². The third-order valence-corrected chi connectivity index (χ3v) is 1.76. The van der Waals surface area contributed by atoms with Gasteiger partial charge in [-0.3, -0.25) is 0 Å². The molecular weight excluding hydrogens is 263 g/mol. The van der Waals surface area contributed by atoms with Gasteiger partial charge in [0.2, 0.25) is 0 Å². The number of hydrogen-bond donors (Lipinski definition) is 0. The summed E-state index contributed by atoms with van der Waals surface area (Å²) >= 11 is 2.17. The molecule has 0 aliphatic rings. The summed E-state index contributed by atoms with van der Waals surface area (Å²) in [5, 5.41) is 1.07. The maximum absolute atomic E-state index is 5.21. The zero-order valence-corrected chi connectivity index (χ0v) is 8.69. The third-order valence-electron chi connectivity index (χ3n) is 1.34. The van der Waals surface area contributed by atoms with Gasteiger partial charge in [-0.25, -0.2) is 0 Å². The highest BCUT2D eigenvalue weighted by Crippen LogP contribution is 1.83. The topological polar surface area (TPSA) is 13.1 Å². The number of furan rings is 1. The molecule has 0 fully saturated rings. The Morgan fingerprint density at radius 2 is 2.25 bits per heavy atom. The molecule has 1 nitrogen and oxygen atoms in total. The lowest BCUT2D eigenvalue weighted by Gasteiger charge is -1.74. The van der Waals surface area contributed by atoms with Crippen molar-refractivity contribution < 1.29 is 4.42 Å². The monoisotopic (exact) mass is 272 g/mol. The molecule has 0 radical (unpaired) electrons. The van der Waals surface area contributed by atoms with Crippen LogP contribution in [0.5, 0.6) is 0 Å². The molecule has 0 amide bonds. The Morgan fingerprint density at radius 1 is 1.42 bits per heavy atom. The van der Waals surface area contributed by atoms with Crippen molar-refractivity contribution in [3.05, 3.63) is 45.8 Å². The molecule has 0 N–H and O–H groups in total. The summed E-state index contributed by atoms with van der Waals surface area (Å²) in [6.07, 6.45) is 9.18. The van der Waals surface area contributed by atoms with E-state index in [4.69, 9.17) is 4.42 Å². The van der Waals surface area contributed by atoms with Crippen LogP contribution in [0.4, 0.5) is 0 Å². The third kappa shape index (κ3) is 2.37. The lowest BCUT2D eigenvalue weighted by Crippen LogP contribution is -2.17. The van der Waals surface area contributed by atoms with Gasteiger partial charge in [0.25, 0.3) is 0 Å². The van der Waals surface area contributed by atoms with Crippen LogP contribution >= 0.6 is 22.6 Å².